The highest BCUT2D eigenvalue weighted by molar-refractivity contribution is 6.12. The van der Waals surface area contributed by atoms with E-state index in [1.54, 1.807) is 24.3 Å². The highest BCUT2D eigenvalue weighted by Gasteiger charge is 2.35. The van der Waals surface area contributed by atoms with Crippen LogP contribution in [-0.4, -0.2) is 9.13 Å². The standard InChI is InChI=1S/C42H30F3N3/c1-24-9-13-29-30-14-10-25(2)18-36(30)47(35(29)17-24)39-21-28(23-46)22-40(41(39)33-7-5-6-8-34(33)42(43,44)45)48-37-19-26(3)11-15-31(37)32-16-12-27(4)20-38(32)48/h5-22H,1-4H3. The number of alkyl halides is 3. The SMILES string of the molecule is Cc1ccc2c3ccc(C)cc3n(-c3cc(C#N)cc(-n4c5cc(C)ccc5c5ccc(C)cc54)c3-c3ccccc3C(F)(F)F)c2c1. The summed E-state index contributed by atoms with van der Waals surface area (Å²) in [5, 5.41) is 14.4. The summed E-state index contributed by atoms with van der Waals surface area (Å²) in [6, 6.07) is 36.3. The average Bonchev–Trinajstić information content (AvgIpc) is 3.53. The molecular formula is C42H30F3N3. The van der Waals surface area contributed by atoms with Gasteiger partial charge >= 0.3 is 6.18 Å². The quantitative estimate of drug-likeness (QED) is 0.191. The molecule has 0 atom stereocenters. The fourth-order valence-corrected chi connectivity index (χ4v) is 7.25. The lowest BCUT2D eigenvalue weighted by Gasteiger charge is -2.23. The van der Waals surface area contributed by atoms with Gasteiger partial charge in [-0.3, -0.25) is 0 Å². The number of fused-ring (bicyclic) bond motifs is 6. The van der Waals surface area contributed by atoms with E-state index < -0.39 is 11.7 Å². The predicted octanol–water partition coefficient (Wildman–Crippen LogP) is 11.7. The number of nitriles is 1. The van der Waals surface area contributed by atoms with E-state index in [9.17, 15) is 18.4 Å². The monoisotopic (exact) mass is 633 g/mol. The summed E-state index contributed by atoms with van der Waals surface area (Å²) in [5.74, 6) is 0. The van der Waals surface area contributed by atoms with Gasteiger partial charge in [-0.1, -0.05) is 66.7 Å². The van der Waals surface area contributed by atoms with E-state index in [4.69, 9.17) is 0 Å². The Labute approximate surface area is 275 Å². The first-order chi connectivity index (χ1) is 23.0. The Morgan fingerprint density at radius 1 is 0.521 bits per heavy atom. The van der Waals surface area contributed by atoms with Crippen molar-refractivity contribution >= 4 is 43.6 Å². The molecular weight excluding hydrogens is 603 g/mol. The Kier molecular flexibility index (Phi) is 6.54. The van der Waals surface area contributed by atoms with Crippen molar-refractivity contribution in [1.29, 1.82) is 5.26 Å². The lowest BCUT2D eigenvalue weighted by molar-refractivity contribution is -0.137. The van der Waals surface area contributed by atoms with Gasteiger partial charge in [0.1, 0.15) is 0 Å². The van der Waals surface area contributed by atoms with E-state index in [2.05, 4.69) is 54.6 Å². The van der Waals surface area contributed by atoms with Crippen LogP contribution in [0.5, 0.6) is 0 Å². The molecule has 0 bridgehead atoms. The van der Waals surface area contributed by atoms with Gasteiger partial charge in [-0.05, 0) is 98.0 Å². The summed E-state index contributed by atoms with van der Waals surface area (Å²) in [7, 11) is 0. The molecule has 0 saturated heterocycles. The molecule has 0 spiro atoms. The van der Waals surface area contributed by atoms with E-state index in [0.717, 1.165) is 71.9 Å². The number of aromatic nitrogens is 2. The van der Waals surface area contributed by atoms with Crippen LogP contribution in [0.3, 0.4) is 0 Å². The zero-order valence-corrected chi connectivity index (χ0v) is 26.9. The van der Waals surface area contributed by atoms with Crippen molar-refractivity contribution in [3.05, 3.63) is 143 Å². The van der Waals surface area contributed by atoms with Crippen LogP contribution < -0.4 is 0 Å². The molecule has 2 heterocycles. The second kappa shape index (κ2) is 10.6. The van der Waals surface area contributed by atoms with Crippen molar-refractivity contribution in [2.45, 2.75) is 33.9 Å². The topological polar surface area (TPSA) is 33.6 Å². The first kappa shape index (κ1) is 29.6. The predicted molar refractivity (Wildman–Crippen MR) is 189 cm³/mol. The van der Waals surface area contributed by atoms with Crippen molar-refractivity contribution in [2.24, 2.45) is 0 Å². The van der Waals surface area contributed by atoms with Crippen molar-refractivity contribution in [3.8, 4) is 28.6 Å². The van der Waals surface area contributed by atoms with E-state index in [1.165, 1.54) is 6.07 Å². The van der Waals surface area contributed by atoms with Gasteiger partial charge in [-0.2, -0.15) is 18.4 Å². The molecule has 8 rings (SSSR count). The lowest BCUT2D eigenvalue weighted by atomic mass is 9.94. The molecule has 6 heteroatoms. The summed E-state index contributed by atoms with van der Waals surface area (Å²) in [6.45, 7) is 8.03. The molecule has 2 aromatic heterocycles. The van der Waals surface area contributed by atoms with E-state index in [-0.39, 0.29) is 5.56 Å². The first-order valence-corrected chi connectivity index (χ1v) is 15.8. The summed E-state index contributed by atoms with van der Waals surface area (Å²) in [5.41, 5.74) is 8.57. The number of halogens is 3. The minimum absolute atomic E-state index is 0.0464. The molecule has 0 radical (unpaired) electrons. The maximum absolute atomic E-state index is 15.0. The number of aryl methyl sites for hydroxylation is 4. The number of hydrogen-bond donors (Lipinski definition) is 0. The van der Waals surface area contributed by atoms with Crippen LogP contribution in [0.1, 0.15) is 33.4 Å². The smallest absolute Gasteiger partial charge is 0.308 e. The average molecular weight is 634 g/mol. The Morgan fingerprint density at radius 2 is 0.896 bits per heavy atom. The molecule has 0 saturated carbocycles. The van der Waals surface area contributed by atoms with Gasteiger partial charge in [0.25, 0.3) is 0 Å². The Balaban J connectivity index is 1.66. The lowest BCUT2D eigenvalue weighted by Crippen LogP contribution is -2.11. The summed E-state index contributed by atoms with van der Waals surface area (Å²) in [4.78, 5) is 0. The molecule has 0 unspecified atom stereocenters. The van der Waals surface area contributed by atoms with E-state index in [1.807, 2.05) is 61.1 Å². The summed E-state index contributed by atoms with van der Waals surface area (Å²) in [6.07, 6.45) is -4.62. The third-order valence-electron chi connectivity index (χ3n) is 9.37. The number of rotatable bonds is 3. The first-order valence-electron chi connectivity index (χ1n) is 15.8. The zero-order chi connectivity index (χ0) is 33.5. The van der Waals surface area contributed by atoms with Crippen molar-refractivity contribution in [3.63, 3.8) is 0 Å². The fourth-order valence-electron chi connectivity index (χ4n) is 7.25. The second-order valence-corrected chi connectivity index (χ2v) is 12.8. The van der Waals surface area contributed by atoms with E-state index in [0.29, 0.717) is 22.5 Å². The molecule has 234 valence electrons. The minimum atomic E-state index is -4.62. The third-order valence-corrected chi connectivity index (χ3v) is 9.37. The van der Waals surface area contributed by atoms with Crippen molar-refractivity contribution in [2.75, 3.05) is 0 Å². The Bertz CT molecular complexity index is 2400. The highest BCUT2D eigenvalue weighted by Crippen LogP contribution is 2.46. The molecule has 6 aromatic carbocycles. The zero-order valence-electron chi connectivity index (χ0n) is 26.9. The Morgan fingerprint density at radius 3 is 1.25 bits per heavy atom. The molecule has 3 nitrogen and oxygen atoms in total. The normalized spacial score (nSPS) is 12.0. The molecule has 0 N–H and O–H groups in total. The van der Waals surface area contributed by atoms with Gasteiger partial charge in [0.2, 0.25) is 0 Å². The molecule has 8 aromatic rings. The fraction of sp³-hybridized carbons (Fsp3) is 0.119. The Hall–Kier alpha value is -5.80. The number of benzene rings is 6. The third kappa shape index (κ3) is 4.50. The van der Waals surface area contributed by atoms with Crippen LogP contribution in [0.2, 0.25) is 0 Å². The molecule has 0 aliphatic heterocycles. The molecule has 48 heavy (non-hydrogen) atoms. The summed E-state index contributed by atoms with van der Waals surface area (Å²) >= 11 is 0. The maximum Gasteiger partial charge on any atom is 0.417 e. The van der Waals surface area contributed by atoms with Crippen molar-refractivity contribution in [1.82, 2.24) is 9.13 Å². The van der Waals surface area contributed by atoms with E-state index >= 15 is 0 Å². The van der Waals surface area contributed by atoms with Crippen LogP contribution in [-0.2, 0) is 6.18 Å². The second-order valence-electron chi connectivity index (χ2n) is 12.8. The largest absolute Gasteiger partial charge is 0.417 e. The number of nitrogens with zero attached hydrogens (tertiary/aromatic N) is 3. The van der Waals surface area contributed by atoms with Crippen LogP contribution in [0.4, 0.5) is 13.2 Å². The molecule has 0 amide bonds. The van der Waals surface area contributed by atoms with Crippen LogP contribution in [0, 0.1) is 39.0 Å². The maximum atomic E-state index is 15.0. The highest BCUT2D eigenvalue weighted by atomic mass is 19.4. The van der Waals surface area contributed by atoms with Gasteiger partial charge < -0.3 is 9.13 Å². The minimum Gasteiger partial charge on any atom is -0.308 e. The van der Waals surface area contributed by atoms with Gasteiger partial charge in [-0.25, -0.2) is 0 Å². The molecule has 0 aliphatic carbocycles. The van der Waals surface area contributed by atoms with Crippen LogP contribution in [0.25, 0.3) is 66.1 Å². The van der Waals surface area contributed by atoms with Crippen molar-refractivity contribution < 1.29 is 13.2 Å². The molecule has 0 fully saturated rings. The van der Waals surface area contributed by atoms with Crippen LogP contribution in [0.15, 0.2) is 109 Å². The van der Waals surface area contributed by atoms with Gasteiger partial charge in [0, 0.05) is 27.1 Å². The van der Waals surface area contributed by atoms with Gasteiger partial charge in [0.15, 0.2) is 0 Å². The molecule has 0 aliphatic rings. The van der Waals surface area contributed by atoms with Gasteiger partial charge in [-0.15, -0.1) is 0 Å². The summed E-state index contributed by atoms with van der Waals surface area (Å²) < 4.78 is 49.0. The van der Waals surface area contributed by atoms with Crippen LogP contribution >= 0.6 is 0 Å². The number of hydrogen-bond acceptors (Lipinski definition) is 1. The van der Waals surface area contributed by atoms with Gasteiger partial charge in [0.05, 0.1) is 50.6 Å².